The summed E-state index contributed by atoms with van der Waals surface area (Å²) in [6, 6.07) is 46.1. The van der Waals surface area contributed by atoms with Crippen molar-refractivity contribution in [3.63, 3.8) is 0 Å². The van der Waals surface area contributed by atoms with Crippen LogP contribution < -0.4 is 0 Å². The maximum Gasteiger partial charge on any atom is 0.138 e. The number of aromatic amines is 2. The molecule has 2 N–H and O–H groups in total. The Bertz CT molecular complexity index is 1850. The molecule has 0 aliphatic rings. The second kappa shape index (κ2) is 11.7. The van der Waals surface area contributed by atoms with E-state index in [1.54, 1.807) is 0 Å². The summed E-state index contributed by atoms with van der Waals surface area (Å²) in [6.07, 6.45) is 0. The van der Waals surface area contributed by atoms with Gasteiger partial charge >= 0.3 is 0 Å². The van der Waals surface area contributed by atoms with Gasteiger partial charge in [-0.2, -0.15) is 0 Å². The monoisotopic (exact) mass is 766 g/mol. The van der Waals surface area contributed by atoms with Gasteiger partial charge in [0.25, 0.3) is 0 Å². The zero-order chi connectivity index (χ0) is 28.5. The number of aromatic nitrogens is 4. The van der Waals surface area contributed by atoms with Crippen molar-refractivity contribution in [2.24, 2.45) is 0 Å². The largest absolute Gasteiger partial charge is 0.337 e. The van der Waals surface area contributed by atoms with Crippen molar-refractivity contribution in [3.05, 3.63) is 141 Å². The molecule has 0 aliphatic heterocycles. The quantitative estimate of drug-likeness (QED) is 0.166. The Hall–Kier alpha value is -4.02. The zero-order valence-corrected chi connectivity index (χ0v) is 26.7. The molecule has 0 spiro atoms. The molecule has 0 bridgehead atoms. The molecule has 7 rings (SSSR count). The van der Waals surface area contributed by atoms with Gasteiger partial charge in [0, 0.05) is 40.5 Å². The number of halogens is 2. The molecule has 0 unspecified atom stereocenters. The molecule has 202 valence electrons. The van der Waals surface area contributed by atoms with Gasteiger partial charge in [-0.3, -0.25) is 0 Å². The van der Waals surface area contributed by atoms with Gasteiger partial charge < -0.3 is 9.97 Å². The van der Waals surface area contributed by atoms with E-state index in [-0.39, 0.29) is 0 Å². The number of nitrogens with one attached hydrogen (secondary N) is 2. The SMILES string of the molecule is Ic1cccc(-c2nc(-c3ccc(-c4[nH]c(-c5cccc(I)c5)nc4-c4ccccc4)cc3)c(-c3ccccc3)[nH]2)c1. The molecule has 6 heteroatoms. The summed E-state index contributed by atoms with van der Waals surface area (Å²) in [7, 11) is 0. The number of H-pyrrole nitrogens is 2. The molecule has 2 heterocycles. The molecule has 0 amide bonds. The lowest BCUT2D eigenvalue weighted by atomic mass is 10.0. The smallest absolute Gasteiger partial charge is 0.138 e. The Balaban J connectivity index is 1.32. The highest BCUT2D eigenvalue weighted by molar-refractivity contribution is 14.1. The van der Waals surface area contributed by atoms with Crippen molar-refractivity contribution in [2.45, 2.75) is 0 Å². The lowest BCUT2D eigenvalue weighted by Crippen LogP contribution is -1.86. The molecule has 0 aliphatic carbocycles. The van der Waals surface area contributed by atoms with Crippen molar-refractivity contribution in [3.8, 4) is 67.8 Å². The number of hydrogen-bond donors (Lipinski definition) is 2. The van der Waals surface area contributed by atoms with Crippen molar-refractivity contribution in [1.82, 2.24) is 19.9 Å². The third-order valence-corrected chi connectivity index (χ3v) is 8.50. The van der Waals surface area contributed by atoms with Gasteiger partial charge in [0.1, 0.15) is 11.6 Å². The van der Waals surface area contributed by atoms with Gasteiger partial charge in [0.15, 0.2) is 0 Å². The molecule has 0 saturated heterocycles. The predicted molar refractivity (Wildman–Crippen MR) is 189 cm³/mol. The van der Waals surface area contributed by atoms with Crippen LogP contribution in [0, 0.1) is 7.14 Å². The van der Waals surface area contributed by atoms with Gasteiger partial charge in [-0.25, -0.2) is 9.97 Å². The van der Waals surface area contributed by atoms with Crippen LogP contribution in [-0.4, -0.2) is 19.9 Å². The number of nitrogens with zero attached hydrogens (tertiary/aromatic N) is 2. The van der Waals surface area contributed by atoms with Gasteiger partial charge in [-0.05, 0) is 69.4 Å². The van der Waals surface area contributed by atoms with E-state index in [1.165, 1.54) is 7.14 Å². The third kappa shape index (κ3) is 5.44. The fourth-order valence-electron chi connectivity index (χ4n) is 5.12. The van der Waals surface area contributed by atoms with Crippen LogP contribution in [0.5, 0.6) is 0 Å². The van der Waals surface area contributed by atoms with E-state index in [1.807, 2.05) is 12.1 Å². The first-order valence-corrected chi connectivity index (χ1v) is 15.7. The van der Waals surface area contributed by atoms with Crippen LogP contribution in [0.4, 0.5) is 0 Å². The van der Waals surface area contributed by atoms with Crippen molar-refractivity contribution >= 4 is 45.2 Å². The maximum atomic E-state index is 5.11. The first-order chi connectivity index (χ1) is 20.6. The van der Waals surface area contributed by atoms with E-state index in [4.69, 9.17) is 9.97 Å². The minimum Gasteiger partial charge on any atom is -0.337 e. The average Bonchev–Trinajstić information content (AvgIpc) is 3.68. The summed E-state index contributed by atoms with van der Waals surface area (Å²) in [5.74, 6) is 1.71. The molecule has 7 aromatic rings. The normalized spacial score (nSPS) is 11.1. The summed E-state index contributed by atoms with van der Waals surface area (Å²) >= 11 is 4.69. The Morgan fingerprint density at radius 2 is 0.762 bits per heavy atom. The topological polar surface area (TPSA) is 57.4 Å². The molecular weight excluding hydrogens is 742 g/mol. The van der Waals surface area contributed by atoms with E-state index in [0.29, 0.717) is 0 Å². The van der Waals surface area contributed by atoms with Crippen molar-refractivity contribution in [2.75, 3.05) is 0 Å². The van der Waals surface area contributed by atoms with Gasteiger partial charge in [-0.1, -0.05) is 109 Å². The summed E-state index contributed by atoms with van der Waals surface area (Å²) in [5, 5.41) is 0. The first kappa shape index (κ1) is 26.9. The van der Waals surface area contributed by atoms with Crippen molar-refractivity contribution in [1.29, 1.82) is 0 Å². The van der Waals surface area contributed by atoms with E-state index in [2.05, 4.69) is 176 Å². The highest BCUT2D eigenvalue weighted by Gasteiger charge is 2.18. The molecule has 42 heavy (non-hydrogen) atoms. The fraction of sp³-hybridized carbons (Fsp3) is 0. The predicted octanol–water partition coefficient (Wildman–Crippen LogP) is 10.3. The van der Waals surface area contributed by atoms with Gasteiger partial charge in [0.2, 0.25) is 0 Å². The highest BCUT2D eigenvalue weighted by Crippen LogP contribution is 2.37. The summed E-state index contributed by atoms with van der Waals surface area (Å²) < 4.78 is 2.35. The number of benzene rings is 5. The lowest BCUT2D eigenvalue weighted by molar-refractivity contribution is 1.30. The molecule has 0 saturated carbocycles. The Kier molecular flexibility index (Phi) is 7.48. The third-order valence-electron chi connectivity index (χ3n) is 7.16. The van der Waals surface area contributed by atoms with Gasteiger partial charge in [0.05, 0.1) is 22.8 Å². The number of hydrogen-bond acceptors (Lipinski definition) is 2. The molecule has 4 nitrogen and oxygen atoms in total. The summed E-state index contributed by atoms with van der Waals surface area (Å²) in [6.45, 7) is 0. The lowest BCUT2D eigenvalue weighted by Gasteiger charge is -2.06. The standard InChI is InChI=1S/C36H24I2N4/c37-29-15-7-13-27(21-29)35-39-31(23-9-3-1-4-10-23)33(41-35)25-17-19-26(20-18-25)34-32(24-11-5-2-6-12-24)40-36(42-34)28-14-8-16-30(38)22-28/h1-22H,(H,39,41)(H,40,42). The Labute approximate surface area is 271 Å². The second-order valence-corrected chi connectivity index (χ2v) is 12.4. The maximum absolute atomic E-state index is 5.11. The molecule has 0 radical (unpaired) electrons. The summed E-state index contributed by atoms with van der Waals surface area (Å²) in [5.41, 5.74) is 10.3. The summed E-state index contributed by atoms with van der Waals surface area (Å²) in [4.78, 5) is 17.4. The molecule has 0 fully saturated rings. The van der Waals surface area contributed by atoms with E-state index in [0.717, 1.165) is 67.8 Å². The van der Waals surface area contributed by atoms with Gasteiger partial charge in [-0.15, -0.1) is 0 Å². The van der Waals surface area contributed by atoms with Crippen LogP contribution in [0.3, 0.4) is 0 Å². The Morgan fingerprint density at radius 1 is 0.381 bits per heavy atom. The van der Waals surface area contributed by atoms with Crippen LogP contribution >= 0.6 is 45.2 Å². The van der Waals surface area contributed by atoms with Crippen molar-refractivity contribution < 1.29 is 0 Å². The minimum absolute atomic E-state index is 0.854. The van der Waals surface area contributed by atoms with Crippen LogP contribution in [0.15, 0.2) is 133 Å². The molecular formula is C36H24I2N4. The first-order valence-electron chi connectivity index (χ1n) is 13.6. The highest BCUT2D eigenvalue weighted by atomic mass is 127. The number of rotatable bonds is 6. The van der Waals surface area contributed by atoms with E-state index < -0.39 is 0 Å². The molecule has 5 aromatic carbocycles. The van der Waals surface area contributed by atoms with Crippen LogP contribution in [0.25, 0.3) is 67.8 Å². The molecule has 2 aromatic heterocycles. The van der Waals surface area contributed by atoms with E-state index >= 15 is 0 Å². The van der Waals surface area contributed by atoms with Crippen LogP contribution in [0.2, 0.25) is 0 Å². The zero-order valence-electron chi connectivity index (χ0n) is 22.4. The van der Waals surface area contributed by atoms with E-state index in [9.17, 15) is 0 Å². The molecule has 0 atom stereocenters. The number of imidazole rings is 2. The fourth-order valence-corrected chi connectivity index (χ4v) is 6.21. The Morgan fingerprint density at radius 3 is 1.24 bits per heavy atom. The second-order valence-electron chi connectivity index (χ2n) is 9.95. The van der Waals surface area contributed by atoms with Crippen LogP contribution in [0.1, 0.15) is 0 Å². The minimum atomic E-state index is 0.854. The van der Waals surface area contributed by atoms with Crippen LogP contribution in [-0.2, 0) is 0 Å². The average molecular weight is 766 g/mol.